The van der Waals surface area contributed by atoms with E-state index in [-0.39, 0.29) is 27.8 Å². The molecule has 0 amide bonds. The quantitative estimate of drug-likeness (QED) is 0.859. The van der Waals surface area contributed by atoms with Gasteiger partial charge in [-0.15, -0.1) is 0 Å². The highest BCUT2D eigenvalue weighted by Crippen LogP contribution is 2.30. The van der Waals surface area contributed by atoms with Crippen LogP contribution < -0.4 is 5.43 Å². The van der Waals surface area contributed by atoms with Gasteiger partial charge in [0.25, 0.3) is 0 Å². The van der Waals surface area contributed by atoms with Crippen LogP contribution in [0.5, 0.6) is 0 Å². The second-order valence-corrected chi connectivity index (χ2v) is 5.87. The Morgan fingerprint density at radius 1 is 1.36 bits per heavy atom. The number of hydrogen-bond donors (Lipinski definition) is 1. The molecule has 22 heavy (non-hydrogen) atoms. The molecular weight excluding hydrogens is 311 g/mol. The van der Waals surface area contributed by atoms with Crippen molar-refractivity contribution in [2.75, 3.05) is 0 Å². The predicted octanol–water partition coefficient (Wildman–Crippen LogP) is 3.39. The van der Waals surface area contributed by atoms with Crippen molar-refractivity contribution in [1.82, 2.24) is 9.55 Å². The summed E-state index contributed by atoms with van der Waals surface area (Å²) in [6, 6.07) is 1.02. The first kappa shape index (κ1) is 15.0. The zero-order chi connectivity index (χ0) is 15.9. The monoisotopic (exact) mass is 324 g/mol. The number of fused-ring (bicyclic) bond motifs is 1. The van der Waals surface area contributed by atoms with Crippen LogP contribution >= 0.6 is 11.6 Å². The van der Waals surface area contributed by atoms with Crippen LogP contribution in [0.25, 0.3) is 11.0 Å². The van der Waals surface area contributed by atoms with E-state index in [0.29, 0.717) is 0 Å². The van der Waals surface area contributed by atoms with E-state index in [1.54, 1.807) is 4.57 Å². The molecule has 0 spiro atoms. The highest BCUT2D eigenvalue weighted by molar-refractivity contribution is 6.29. The second kappa shape index (κ2) is 5.68. The maximum absolute atomic E-state index is 13.6. The average molecular weight is 325 g/mol. The molecule has 0 unspecified atom stereocenters. The highest BCUT2D eigenvalue weighted by atomic mass is 35.5. The minimum absolute atomic E-state index is 0.0453. The molecule has 1 aliphatic carbocycles. The van der Waals surface area contributed by atoms with Crippen LogP contribution in [0.3, 0.4) is 0 Å². The highest BCUT2D eigenvalue weighted by Gasteiger charge is 2.22. The lowest BCUT2D eigenvalue weighted by Crippen LogP contribution is -2.23. The minimum atomic E-state index is -1.33. The van der Waals surface area contributed by atoms with E-state index < -0.39 is 17.2 Å². The number of halogens is 2. The molecule has 2 aromatic rings. The molecule has 0 aliphatic heterocycles. The largest absolute Gasteiger partial charge is 0.477 e. The van der Waals surface area contributed by atoms with Crippen LogP contribution in [0, 0.1) is 5.82 Å². The van der Waals surface area contributed by atoms with Gasteiger partial charge in [0, 0.05) is 12.2 Å². The van der Waals surface area contributed by atoms with Crippen molar-refractivity contribution < 1.29 is 14.3 Å². The van der Waals surface area contributed by atoms with Gasteiger partial charge in [-0.2, -0.15) is 0 Å². The Balaban J connectivity index is 2.33. The first-order chi connectivity index (χ1) is 10.5. The van der Waals surface area contributed by atoms with Crippen LogP contribution in [0.2, 0.25) is 5.15 Å². The fourth-order valence-electron chi connectivity index (χ4n) is 3.02. The molecule has 7 heteroatoms. The average Bonchev–Trinajstić information content (AvgIpc) is 2.50. The number of nitrogens with zero attached hydrogens (tertiary/aromatic N) is 2. The van der Waals surface area contributed by atoms with Crippen molar-refractivity contribution in [3.05, 3.63) is 39.0 Å². The normalized spacial score (nSPS) is 16.1. The predicted molar refractivity (Wildman–Crippen MR) is 80.1 cm³/mol. The Hall–Kier alpha value is -1.95. The van der Waals surface area contributed by atoms with Crippen molar-refractivity contribution in [3.8, 4) is 0 Å². The molecule has 5 nitrogen and oxygen atoms in total. The second-order valence-electron chi connectivity index (χ2n) is 5.51. The zero-order valence-electron chi connectivity index (χ0n) is 11.7. The summed E-state index contributed by atoms with van der Waals surface area (Å²) >= 11 is 5.74. The molecule has 0 saturated heterocycles. The number of aromatic carboxylic acids is 1. The Labute approximate surface area is 130 Å². The van der Waals surface area contributed by atoms with Crippen LogP contribution in [-0.2, 0) is 0 Å². The summed E-state index contributed by atoms with van der Waals surface area (Å²) in [7, 11) is 0. The fraction of sp³-hybridized carbons (Fsp3) is 0.400. The molecule has 1 N–H and O–H groups in total. The number of aromatic nitrogens is 2. The third kappa shape index (κ3) is 2.47. The summed E-state index contributed by atoms with van der Waals surface area (Å²) in [6.45, 7) is 0. The van der Waals surface area contributed by atoms with Gasteiger partial charge in [-0.3, -0.25) is 4.79 Å². The van der Waals surface area contributed by atoms with Gasteiger partial charge in [-0.05, 0) is 18.9 Å². The van der Waals surface area contributed by atoms with Crippen molar-refractivity contribution >= 4 is 28.6 Å². The van der Waals surface area contributed by atoms with Gasteiger partial charge in [0.05, 0.1) is 5.39 Å². The van der Waals surface area contributed by atoms with E-state index >= 15 is 0 Å². The summed E-state index contributed by atoms with van der Waals surface area (Å²) in [6.07, 6.45) is 6.22. The molecule has 0 atom stereocenters. The summed E-state index contributed by atoms with van der Waals surface area (Å²) < 4.78 is 15.3. The van der Waals surface area contributed by atoms with E-state index in [4.69, 9.17) is 11.6 Å². The number of carboxylic acid groups (broad SMARTS) is 1. The van der Waals surface area contributed by atoms with Crippen LogP contribution in [0.15, 0.2) is 17.1 Å². The first-order valence-corrected chi connectivity index (χ1v) is 7.51. The Morgan fingerprint density at radius 2 is 2.05 bits per heavy atom. The molecule has 116 valence electrons. The number of pyridine rings is 2. The third-order valence-electron chi connectivity index (χ3n) is 4.11. The SMILES string of the molecule is O=C(O)c1cn(C2CCCCC2)c2nc(Cl)c(F)cc2c1=O. The molecule has 3 rings (SSSR count). The lowest BCUT2D eigenvalue weighted by atomic mass is 9.95. The number of carboxylic acids is 1. The number of carbonyl (C=O) groups is 1. The summed E-state index contributed by atoms with van der Waals surface area (Å²) in [5.74, 6) is -2.16. The smallest absolute Gasteiger partial charge is 0.341 e. The Bertz CT molecular complexity index is 813. The van der Waals surface area contributed by atoms with Crippen molar-refractivity contribution in [1.29, 1.82) is 0 Å². The minimum Gasteiger partial charge on any atom is -0.477 e. The number of rotatable bonds is 2. The molecule has 0 radical (unpaired) electrons. The van der Waals surface area contributed by atoms with Gasteiger partial charge in [0.1, 0.15) is 11.2 Å². The van der Waals surface area contributed by atoms with Crippen LogP contribution in [0.4, 0.5) is 4.39 Å². The lowest BCUT2D eigenvalue weighted by Gasteiger charge is -2.26. The summed E-state index contributed by atoms with van der Waals surface area (Å²) in [5.41, 5.74) is -0.868. The summed E-state index contributed by atoms with van der Waals surface area (Å²) in [4.78, 5) is 27.5. The van der Waals surface area contributed by atoms with Gasteiger partial charge in [0.2, 0.25) is 5.43 Å². The Morgan fingerprint density at radius 3 is 2.68 bits per heavy atom. The third-order valence-corrected chi connectivity index (χ3v) is 4.38. The topological polar surface area (TPSA) is 72.2 Å². The maximum Gasteiger partial charge on any atom is 0.341 e. The molecule has 1 aliphatic rings. The molecular formula is C15H14ClFN2O3. The standard InChI is InChI=1S/C15H14ClFN2O3/c16-13-11(17)6-9-12(20)10(15(21)22)7-19(14(9)18-13)8-4-2-1-3-5-8/h6-8H,1-5H2,(H,21,22). The zero-order valence-corrected chi connectivity index (χ0v) is 12.4. The Kier molecular flexibility index (Phi) is 3.87. The van der Waals surface area contributed by atoms with Crippen LogP contribution in [0.1, 0.15) is 48.5 Å². The van der Waals surface area contributed by atoms with E-state index in [2.05, 4.69) is 4.98 Å². The van der Waals surface area contributed by atoms with E-state index in [0.717, 1.165) is 38.2 Å². The van der Waals surface area contributed by atoms with Crippen molar-refractivity contribution in [2.45, 2.75) is 38.1 Å². The number of hydrogen-bond acceptors (Lipinski definition) is 3. The fourth-order valence-corrected chi connectivity index (χ4v) is 3.15. The lowest BCUT2D eigenvalue weighted by molar-refractivity contribution is 0.0694. The molecule has 0 bridgehead atoms. The van der Waals surface area contributed by atoms with E-state index in [1.807, 2.05) is 0 Å². The van der Waals surface area contributed by atoms with Gasteiger partial charge in [0.15, 0.2) is 11.0 Å². The van der Waals surface area contributed by atoms with E-state index in [9.17, 15) is 19.1 Å². The molecule has 0 aromatic carbocycles. The van der Waals surface area contributed by atoms with Gasteiger partial charge in [-0.1, -0.05) is 30.9 Å². The van der Waals surface area contributed by atoms with Gasteiger partial charge < -0.3 is 9.67 Å². The molecule has 2 aromatic heterocycles. The molecule has 2 heterocycles. The van der Waals surface area contributed by atoms with E-state index in [1.165, 1.54) is 6.20 Å². The van der Waals surface area contributed by atoms with Gasteiger partial charge >= 0.3 is 5.97 Å². The maximum atomic E-state index is 13.6. The molecule has 1 saturated carbocycles. The summed E-state index contributed by atoms with van der Waals surface area (Å²) in [5, 5.41) is 8.85. The van der Waals surface area contributed by atoms with Crippen molar-refractivity contribution in [3.63, 3.8) is 0 Å². The van der Waals surface area contributed by atoms with Gasteiger partial charge in [-0.25, -0.2) is 14.2 Å². The first-order valence-electron chi connectivity index (χ1n) is 7.13. The molecule has 1 fully saturated rings. The van der Waals surface area contributed by atoms with Crippen LogP contribution in [-0.4, -0.2) is 20.6 Å². The van der Waals surface area contributed by atoms with Crippen molar-refractivity contribution in [2.24, 2.45) is 0 Å².